The van der Waals surface area contributed by atoms with Crippen molar-refractivity contribution in [2.75, 3.05) is 0 Å². The summed E-state index contributed by atoms with van der Waals surface area (Å²) in [7, 11) is 0. The Morgan fingerprint density at radius 3 is 2.85 bits per heavy atom. The second-order valence-electron chi connectivity index (χ2n) is 4.38. The summed E-state index contributed by atoms with van der Waals surface area (Å²) in [5.41, 5.74) is 1.99. The molecule has 102 valence electrons. The zero-order valence-corrected chi connectivity index (χ0v) is 12.0. The number of pyridine rings is 1. The summed E-state index contributed by atoms with van der Waals surface area (Å²) < 4.78 is 15.3. The maximum Gasteiger partial charge on any atom is 0.132 e. The second kappa shape index (κ2) is 5.04. The lowest BCUT2D eigenvalue weighted by Gasteiger charge is -2.12. The van der Waals surface area contributed by atoms with Crippen LogP contribution in [-0.2, 0) is 0 Å². The Kier molecular flexibility index (Phi) is 3.36. The van der Waals surface area contributed by atoms with E-state index in [9.17, 15) is 4.39 Å². The van der Waals surface area contributed by atoms with Gasteiger partial charge in [-0.1, -0.05) is 11.6 Å². The fourth-order valence-corrected chi connectivity index (χ4v) is 2.48. The molecule has 2 aromatic heterocycles. The Morgan fingerprint density at radius 2 is 2.10 bits per heavy atom. The fraction of sp³-hybridized carbons (Fsp3) is 0.143. The lowest BCUT2D eigenvalue weighted by atomic mass is 10.2. The molecule has 0 aliphatic rings. The summed E-state index contributed by atoms with van der Waals surface area (Å²) in [4.78, 5) is 8.48. The molecule has 1 atom stereocenters. The van der Waals surface area contributed by atoms with E-state index >= 15 is 0 Å². The van der Waals surface area contributed by atoms with Crippen molar-refractivity contribution in [2.24, 2.45) is 0 Å². The van der Waals surface area contributed by atoms with Gasteiger partial charge in [0.05, 0.1) is 27.8 Å². The van der Waals surface area contributed by atoms with Gasteiger partial charge in [0.15, 0.2) is 0 Å². The molecule has 0 N–H and O–H groups in total. The average molecular weight is 310 g/mol. The van der Waals surface area contributed by atoms with Gasteiger partial charge in [-0.25, -0.2) is 9.37 Å². The molecule has 1 aromatic carbocycles. The third-order valence-corrected chi connectivity index (χ3v) is 3.50. The van der Waals surface area contributed by atoms with Crippen LogP contribution in [0.2, 0.25) is 5.02 Å². The van der Waals surface area contributed by atoms with E-state index < -0.39 is 0 Å². The molecule has 0 saturated carbocycles. The van der Waals surface area contributed by atoms with Crippen LogP contribution in [0.3, 0.4) is 0 Å². The molecule has 0 bridgehead atoms. The predicted molar refractivity (Wildman–Crippen MR) is 78.1 cm³/mol. The highest BCUT2D eigenvalue weighted by atomic mass is 35.5. The number of halogens is 3. The summed E-state index contributed by atoms with van der Waals surface area (Å²) in [6, 6.07) is 6.00. The molecule has 3 aromatic rings. The monoisotopic (exact) mass is 309 g/mol. The minimum atomic E-state index is -0.367. The van der Waals surface area contributed by atoms with Crippen LogP contribution in [0.4, 0.5) is 4.39 Å². The third kappa shape index (κ3) is 2.15. The van der Waals surface area contributed by atoms with Gasteiger partial charge in [-0.15, -0.1) is 11.6 Å². The topological polar surface area (TPSA) is 30.7 Å². The first kappa shape index (κ1) is 13.3. The summed E-state index contributed by atoms with van der Waals surface area (Å²) in [5, 5.41) is 0.0859. The van der Waals surface area contributed by atoms with Gasteiger partial charge in [0.25, 0.3) is 0 Å². The molecule has 0 spiro atoms. The minimum Gasteiger partial charge on any atom is -0.293 e. The van der Waals surface area contributed by atoms with Gasteiger partial charge in [-0.05, 0) is 31.2 Å². The second-order valence-corrected chi connectivity index (χ2v) is 5.44. The Balaban J connectivity index is 2.39. The van der Waals surface area contributed by atoms with Crippen molar-refractivity contribution in [1.82, 2.24) is 14.5 Å². The molecule has 0 fully saturated rings. The number of benzene rings is 1. The van der Waals surface area contributed by atoms with Crippen molar-refractivity contribution < 1.29 is 4.39 Å². The molecule has 3 rings (SSSR count). The van der Waals surface area contributed by atoms with E-state index in [4.69, 9.17) is 23.2 Å². The van der Waals surface area contributed by atoms with Crippen molar-refractivity contribution >= 4 is 34.2 Å². The molecule has 2 heterocycles. The third-order valence-electron chi connectivity index (χ3n) is 2.99. The van der Waals surface area contributed by atoms with E-state index in [1.807, 2.05) is 0 Å². The van der Waals surface area contributed by atoms with Crippen LogP contribution in [-0.4, -0.2) is 14.5 Å². The number of fused-ring (bicyclic) bond motifs is 1. The molecule has 3 nitrogen and oxygen atoms in total. The van der Waals surface area contributed by atoms with Crippen LogP contribution in [0.1, 0.15) is 18.1 Å². The molecule has 0 saturated heterocycles. The zero-order valence-electron chi connectivity index (χ0n) is 10.5. The minimum absolute atomic E-state index is 0.346. The van der Waals surface area contributed by atoms with E-state index in [1.165, 1.54) is 18.2 Å². The van der Waals surface area contributed by atoms with Crippen LogP contribution in [0.5, 0.6) is 0 Å². The first-order chi connectivity index (χ1) is 9.58. The van der Waals surface area contributed by atoms with E-state index in [2.05, 4.69) is 9.97 Å². The summed E-state index contributed by atoms with van der Waals surface area (Å²) >= 11 is 12.4. The van der Waals surface area contributed by atoms with Crippen LogP contribution in [0.15, 0.2) is 36.7 Å². The maximum atomic E-state index is 13.5. The van der Waals surface area contributed by atoms with Crippen LogP contribution >= 0.6 is 23.2 Å². The van der Waals surface area contributed by atoms with E-state index in [-0.39, 0.29) is 11.2 Å². The molecule has 0 radical (unpaired) electrons. The van der Waals surface area contributed by atoms with E-state index in [1.54, 1.807) is 30.0 Å². The van der Waals surface area contributed by atoms with Crippen molar-refractivity contribution in [3.05, 3.63) is 53.3 Å². The van der Waals surface area contributed by atoms with E-state index in [0.717, 1.165) is 5.52 Å². The first-order valence-electron chi connectivity index (χ1n) is 6.00. The normalized spacial score (nSPS) is 12.8. The number of imidazole rings is 1. The smallest absolute Gasteiger partial charge is 0.132 e. The Labute approximate surface area is 125 Å². The van der Waals surface area contributed by atoms with Gasteiger partial charge in [0.2, 0.25) is 0 Å². The van der Waals surface area contributed by atoms with Crippen molar-refractivity contribution in [3.8, 4) is 5.69 Å². The zero-order chi connectivity index (χ0) is 14.3. The molecular weight excluding hydrogens is 300 g/mol. The number of rotatable bonds is 2. The van der Waals surface area contributed by atoms with Gasteiger partial charge in [-0.3, -0.25) is 9.55 Å². The highest BCUT2D eigenvalue weighted by Crippen LogP contribution is 2.31. The average Bonchev–Trinajstić information content (AvgIpc) is 2.81. The molecule has 6 heteroatoms. The largest absolute Gasteiger partial charge is 0.293 e. The molecule has 0 aliphatic heterocycles. The summed E-state index contributed by atoms with van der Waals surface area (Å²) in [6.45, 7) is 1.81. The van der Waals surface area contributed by atoms with Crippen molar-refractivity contribution in [1.29, 1.82) is 0 Å². The first-order valence-corrected chi connectivity index (χ1v) is 6.81. The maximum absolute atomic E-state index is 13.5. The van der Waals surface area contributed by atoms with Gasteiger partial charge in [0.1, 0.15) is 17.2 Å². The molecule has 1 unspecified atom stereocenters. The Hall–Kier alpha value is -1.65. The molecule has 0 aliphatic carbocycles. The van der Waals surface area contributed by atoms with E-state index in [0.29, 0.717) is 22.1 Å². The Morgan fingerprint density at radius 1 is 1.30 bits per heavy atom. The number of aromatic nitrogens is 3. The van der Waals surface area contributed by atoms with Gasteiger partial charge >= 0.3 is 0 Å². The molecule has 20 heavy (non-hydrogen) atoms. The van der Waals surface area contributed by atoms with Gasteiger partial charge in [0, 0.05) is 6.20 Å². The summed E-state index contributed by atoms with van der Waals surface area (Å²) in [6.07, 6.45) is 3.29. The van der Waals surface area contributed by atoms with Crippen LogP contribution in [0.25, 0.3) is 16.7 Å². The van der Waals surface area contributed by atoms with Crippen molar-refractivity contribution in [3.63, 3.8) is 0 Å². The SMILES string of the molecule is CC(Cl)c1nc2cnccc2n1-c1cc(F)ccc1Cl. The lowest BCUT2D eigenvalue weighted by molar-refractivity contribution is 0.626. The van der Waals surface area contributed by atoms with Crippen LogP contribution < -0.4 is 0 Å². The number of hydrogen-bond donors (Lipinski definition) is 0. The fourth-order valence-electron chi connectivity index (χ4n) is 2.13. The predicted octanol–water partition coefficient (Wildman–Crippen LogP) is 4.51. The lowest BCUT2D eigenvalue weighted by Crippen LogP contribution is -2.03. The number of hydrogen-bond acceptors (Lipinski definition) is 2. The highest BCUT2D eigenvalue weighted by molar-refractivity contribution is 6.32. The van der Waals surface area contributed by atoms with Crippen molar-refractivity contribution in [2.45, 2.75) is 12.3 Å². The number of nitrogens with zero attached hydrogens (tertiary/aromatic N) is 3. The number of alkyl halides is 1. The van der Waals surface area contributed by atoms with Gasteiger partial charge < -0.3 is 0 Å². The Bertz CT molecular complexity index is 783. The molecular formula is C14H10Cl2FN3. The van der Waals surface area contributed by atoms with Crippen LogP contribution in [0, 0.1) is 5.82 Å². The quantitative estimate of drug-likeness (QED) is 0.652. The highest BCUT2D eigenvalue weighted by Gasteiger charge is 2.18. The van der Waals surface area contributed by atoms with Gasteiger partial charge in [-0.2, -0.15) is 0 Å². The summed E-state index contributed by atoms with van der Waals surface area (Å²) in [5.74, 6) is 0.232. The standard InChI is InChI=1S/C14H10Cl2FN3/c1-8(15)14-19-11-7-18-5-4-12(11)20(14)13-6-9(17)2-3-10(13)16/h2-8H,1H3. The molecule has 0 amide bonds.